The molecule has 0 aromatic carbocycles. The second kappa shape index (κ2) is 8.81. The van der Waals surface area contributed by atoms with Gasteiger partial charge in [-0.2, -0.15) is 11.8 Å². The molecule has 102 valence electrons. The Kier molecular flexibility index (Phi) is 8.70. The maximum atomic E-state index is 11.7. The third kappa shape index (κ3) is 8.50. The van der Waals surface area contributed by atoms with Crippen molar-refractivity contribution in [2.45, 2.75) is 51.2 Å². The van der Waals surface area contributed by atoms with E-state index in [1.54, 1.807) is 11.8 Å². The van der Waals surface area contributed by atoms with Crippen molar-refractivity contribution in [3.05, 3.63) is 0 Å². The predicted molar refractivity (Wildman–Crippen MR) is 77.3 cm³/mol. The van der Waals surface area contributed by atoms with Gasteiger partial charge in [-0.3, -0.25) is 4.79 Å². The maximum absolute atomic E-state index is 11.7. The molecule has 0 bridgehead atoms. The molecule has 4 heteroatoms. The Balaban J connectivity index is 3.79. The number of rotatable bonds is 9. The molecule has 0 heterocycles. The van der Waals surface area contributed by atoms with Crippen LogP contribution in [0.3, 0.4) is 0 Å². The van der Waals surface area contributed by atoms with Crippen LogP contribution in [0, 0.1) is 5.92 Å². The normalized spacial score (nSPS) is 13.5. The highest BCUT2D eigenvalue weighted by molar-refractivity contribution is 7.99. The van der Waals surface area contributed by atoms with E-state index in [9.17, 15) is 4.79 Å². The number of carbonyl (C=O) groups is 1. The maximum Gasteiger partial charge on any atom is 0.220 e. The van der Waals surface area contributed by atoms with Gasteiger partial charge >= 0.3 is 0 Å². The average molecular weight is 260 g/mol. The van der Waals surface area contributed by atoms with Gasteiger partial charge in [-0.05, 0) is 45.4 Å². The molecule has 0 rings (SSSR count). The molecule has 0 fully saturated rings. The van der Waals surface area contributed by atoms with Crippen molar-refractivity contribution in [3.8, 4) is 0 Å². The Bertz CT molecular complexity index is 219. The monoisotopic (exact) mass is 260 g/mol. The fourth-order valence-electron chi connectivity index (χ4n) is 1.60. The molecule has 0 saturated heterocycles. The summed E-state index contributed by atoms with van der Waals surface area (Å²) in [6, 6.07) is 0. The minimum absolute atomic E-state index is 0.122. The number of thioether (sulfide) groups is 1. The van der Waals surface area contributed by atoms with E-state index in [2.05, 4.69) is 32.3 Å². The first-order valence-corrected chi connectivity index (χ1v) is 7.69. The summed E-state index contributed by atoms with van der Waals surface area (Å²) in [5, 5.41) is 3.00. The molecular weight excluding hydrogens is 232 g/mol. The SMILES string of the molecule is CCC(CCN)CCC(=O)NCC(C)(C)SC. The molecule has 0 aliphatic heterocycles. The third-order valence-electron chi connectivity index (χ3n) is 3.20. The Morgan fingerprint density at radius 1 is 1.41 bits per heavy atom. The smallest absolute Gasteiger partial charge is 0.220 e. The van der Waals surface area contributed by atoms with Gasteiger partial charge in [0.1, 0.15) is 0 Å². The molecule has 0 aliphatic carbocycles. The van der Waals surface area contributed by atoms with E-state index in [4.69, 9.17) is 5.73 Å². The molecule has 17 heavy (non-hydrogen) atoms. The van der Waals surface area contributed by atoms with Crippen LogP contribution in [0.5, 0.6) is 0 Å². The predicted octanol–water partition coefficient (Wildman–Crippen LogP) is 2.40. The molecule has 0 aromatic rings. The fourth-order valence-corrected chi connectivity index (χ4v) is 1.81. The van der Waals surface area contributed by atoms with Crippen LogP contribution in [0.25, 0.3) is 0 Å². The van der Waals surface area contributed by atoms with Gasteiger partial charge in [0.15, 0.2) is 0 Å². The number of nitrogens with one attached hydrogen (secondary N) is 1. The number of hydrogen-bond donors (Lipinski definition) is 2. The first-order valence-electron chi connectivity index (χ1n) is 6.47. The van der Waals surface area contributed by atoms with Gasteiger partial charge in [0.2, 0.25) is 5.91 Å². The van der Waals surface area contributed by atoms with E-state index in [0.717, 1.165) is 32.4 Å². The van der Waals surface area contributed by atoms with E-state index >= 15 is 0 Å². The highest BCUT2D eigenvalue weighted by Crippen LogP contribution is 2.20. The van der Waals surface area contributed by atoms with Crippen LogP contribution in [-0.2, 0) is 4.79 Å². The van der Waals surface area contributed by atoms with Crippen LogP contribution < -0.4 is 11.1 Å². The number of amides is 1. The lowest BCUT2D eigenvalue weighted by atomic mass is 9.96. The van der Waals surface area contributed by atoms with Crippen molar-refractivity contribution >= 4 is 17.7 Å². The van der Waals surface area contributed by atoms with Gasteiger partial charge < -0.3 is 11.1 Å². The molecule has 0 aromatic heterocycles. The molecule has 1 atom stereocenters. The Morgan fingerprint density at radius 2 is 2.06 bits per heavy atom. The first kappa shape index (κ1) is 16.8. The standard InChI is InChI=1S/C13H28N2OS/c1-5-11(8-9-14)6-7-12(16)15-10-13(2,3)17-4/h11H,5-10,14H2,1-4H3,(H,15,16). The first-order chi connectivity index (χ1) is 7.95. The molecular formula is C13H28N2OS. The summed E-state index contributed by atoms with van der Waals surface area (Å²) >= 11 is 1.77. The Hall–Kier alpha value is -0.220. The van der Waals surface area contributed by atoms with Gasteiger partial charge in [0.25, 0.3) is 0 Å². The largest absolute Gasteiger partial charge is 0.355 e. The van der Waals surface area contributed by atoms with Crippen molar-refractivity contribution in [1.82, 2.24) is 5.32 Å². The third-order valence-corrected chi connectivity index (χ3v) is 4.45. The topological polar surface area (TPSA) is 55.1 Å². The van der Waals surface area contributed by atoms with Crippen LogP contribution in [-0.4, -0.2) is 30.0 Å². The van der Waals surface area contributed by atoms with Gasteiger partial charge in [-0.1, -0.05) is 13.3 Å². The minimum Gasteiger partial charge on any atom is -0.355 e. The molecule has 0 saturated carbocycles. The van der Waals surface area contributed by atoms with E-state index in [1.165, 1.54) is 0 Å². The van der Waals surface area contributed by atoms with Crippen LogP contribution in [0.1, 0.15) is 46.5 Å². The average Bonchev–Trinajstić information content (AvgIpc) is 2.32. The lowest BCUT2D eigenvalue weighted by molar-refractivity contribution is -0.121. The fraction of sp³-hybridized carbons (Fsp3) is 0.923. The van der Waals surface area contributed by atoms with Crippen LogP contribution >= 0.6 is 11.8 Å². The van der Waals surface area contributed by atoms with Crippen molar-refractivity contribution in [2.75, 3.05) is 19.3 Å². The summed E-state index contributed by atoms with van der Waals surface area (Å²) in [6.45, 7) is 7.90. The van der Waals surface area contributed by atoms with Crippen molar-refractivity contribution in [3.63, 3.8) is 0 Å². The molecule has 0 aliphatic rings. The summed E-state index contributed by atoms with van der Waals surface area (Å²) in [6.07, 6.45) is 5.80. The zero-order valence-electron chi connectivity index (χ0n) is 11.7. The second-order valence-corrected chi connectivity index (χ2v) is 6.64. The molecule has 0 spiro atoms. The number of carbonyl (C=O) groups excluding carboxylic acids is 1. The summed E-state index contributed by atoms with van der Waals surface area (Å²) < 4.78 is 0.122. The number of nitrogens with two attached hydrogens (primary N) is 1. The minimum atomic E-state index is 0.122. The van der Waals surface area contributed by atoms with E-state index in [-0.39, 0.29) is 10.7 Å². The van der Waals surface area contributed by atoms with Crippen LogP contribution in [0.2, 0.25) is 0 Å². The van der Waals surface area contributed by atoms with E-state index in [1.807, 2.05) is 0 Å². The Morgan fingerprint density at radius 3 is 2.53 bits per heavy atom. The van der Waals surface area contributed by atoms with Crippen LogP contribution in [0.15, 0.2) is 0 Å². The zero-order chi connectivity index (χ0) is 13.3. The second-order valence-electron chi connectivity index (χ2n) is 5.13. The molecule has 0 radical (unpaired) electrons. The van der Waals surface area contributed by atoms with Gasteiger partial charge in [-0.25, -0.2) is 0 Å². The van der Waals surface area contributed by atoms with Crippen LogP contribution in [0.4, 0.5) is 0 Å². The summed E-state index contributed by atoms with van der Waals surface area (Å²) in [5.41, 5.74) is 5.54. The highest BCUT2D eigenvalue weighted by Gasteiger charge is 2.17. The lowest BCUT2D eigenvalue weighted by Crippen LogP contribution is -2.36. The van der Waals surface area contributed by atoms with Gasteiger partial charge in [-0.15, -0.1) is 0 Å². The zero-order valence-corrected chi connectivity index (χ0v) is 12.5. The molecule has 1 unspecified atom stereocenters. The van der Waals surface area contributed by atoms with Crippen molar-refractivity contribution < 1.29 is 4.79 Å². The quantitative estimate of drug-likeness (QED) is 0.669. The summed E-state index contributed by atoms with van der Waals surface area (Å²) in [7, 11) is 0. The van der Waals surface area contributed by atoms with E-state index < -0.39 is 0 Å². The molecule has 3 N–H and O–H groups in total. The number of hydrogen-bond acceptors (Lipinski definition) is 3. The van der Waals surface area contributed by atoms with E-state index in [0.29, 0.717) is 12.3 Å². The molecule has 3 nitrogen and oxygen atoms in total. The lowest BCUT2D eigenvalue weighted by Gasteiger charge is -2.22. The van der Waals surface area contributed by atoms with Gasteiger partial charge in [0.05, 0.1) is 0 Å². The van der Waals surface area contributed by atoms with Crippen molar-refractivity contribution in [1.29, 1.82) is 0 Å². The van der Waals surface area contributed by atoms with Gasteiger partial charge in [0, 0.05) is 17.7 Å². The van der Waals surface area contributed by atoms with Crippen molar-refractivity contribution in [2.24, 2.45) is 11.7 Å². The highest BCUT2D eigenvalue weighted by atomic mass is 32.2. The summed E-state index contributed by atoms with van der Waals surface area (Å²) in [5.74, 6) is 0.766. The summed E-state index contributed by atoms with van der Waals surface area (Å²) in [4.78, 5) is 11.7. The Labute approximate surface area is 110 Å². The molecule has 1 amide bonds.